The molecule has 0 N–H and O–H groups in total. The molecule has 2 aromatic rings. The third kappa shape index (κ3) is 2.34. The quantitative estimate of drug-likeness (QED) is 0.485. The van der Waals surface area contributed by atoms with Crippen LogP contribution in [-0.4, -0.2) is 21.2 Å². The van der Waals surface area contributed by atoms with Crippen LogP contribution in [0.1, 0.15) is 12.5 Å². The molecular formula is C9H10BrN3O2. The molecule has 2 heterocycles. The van der Waals surface area contributed by atoms with Crippen molar-refractivity contribution in [3.63, 3.8) is 0 Å². The summed E-state index contributed by atoms with van der Waals surface area (Å²) in [5.41, 5.74) is 1.77. The van der Waals surface area contributed by atoms with E-state index in [1.54, 1.807) is 0 Å². The highest BCUT2D eigenvalue weighted by Gasteiger charge is 2.02. The SMILES string of the molecule is CCOOCc1ccn2c(Br)nnc2c1. The molecule has 0 fully saturated rings. The van der Waals surface area contributed by atoms with Crippen LogP contribution in [0, 0.1) is 0 Å². The normalized spacial score (nSPS) is 11.1. The van der Waals surface area contributed by atoms with E-state index in [9.17, 15) is 0 Å². The maximum absolute atomic E-state index is 4.96. The number of halogens is 1. The lowest BCUT2D eigenvalue weighted by Crippen LogP contribution is -1.96. The van der Waals surface area contributed by atoms with E-state index in [0.29, 0.717) is 17.9 Å². The molecule has 0 bridgehead atoms. The lowest BCUT2D eigenvalue weighted by molar-refractivity contribution is -0.300. The molecule has 0 unspecified atom stereocenters. The Morgan fingerprint density at radius 1 is 1.40 bits per heavy atom. The van der Waals surface area contributed by atoms with Crippen LogP contribution in [-0.2, 0) is 16.4 Å². The predicted octanol–water partition coefficient (Wildman–Crippen LogP) is 1.96. The van der Waals surface area contributed by atoms with Gasteiger partial charge in [0, 0.05) is 6.20 Å². The molecule has 15 heavy (non-hydrogen) atoms. The van der Waals surface area contributed by atoms with Crippen LogP contribution >= 0.6 is 15.9 Å². The van der Waals surface area contributed by atoms with Gasteiger partial charge in [-0.1, -0.05) is 0 Å². The van der Waals surface area contributed by atoms with Gasteiger partial charge in [-0.2, -0.15) is 0 Å². The molecule has 80 valence electrons. The maximum Gasteiger partial charge on any atom is 0.204 e. The summed E-state index contributed by atoms with van der Waals surface area (Å²) in [6.45, 7) is 2.83. The zero-order valence-electron chi connectivity index (χ0n) is 8.18. The molecule has 2 rings (SSSR count). The Labute approximate surface area is 95.1 Å². The van der Waals surface area contributed by atoms with Crippen molar-refractivity contribution in [1.82, 2.24) is 14.6 Å². The molecule has 0 radical (unpaired) electrons. The summed E-state index contributed by atoms with van der Waals surface area (Å²) in [4.78, 5) is 9.76. The van der Waals surface area contributed by atoms with Gasteiger partial charge in [-0.15, -0.1) is 10.2 Å². The Kier molecular flexibility index (Phi) is 3.30. The van der Waals surface area contributed by atoms with Crippen molar-refractivity contribution in [3.05, 3.63) is 28.6 Å². The van der Waals surface area contributed by atoms with Gasteiger partial charge < -0.3 is 0 Å². The van der Waals surface area contributed by atoms with Gasteiger partial charge in [-0.3, -0.25) is 4.40 Å². The van der Waals surface area contributed by atoms with Crippen molar-refractivity contribution in [2.45, 2.75) is 13.5 Å². The van der Waals surface area contributed by atoms with Crippen molar-refractivity contribution in [1.29, 1.82) is 0 Å². The standard InChI is InChI=1S/C9H10BrN3O2/c1-2-14-15-6-7-3-4-13-8(5-7)11-12-9(13)10/h3-5H,2,6H2,1H3. The van der Waals surface area contributed by atoms with E-state index in [1.165, 1.54) is 0 Å². The number of pyridine rings is 1. The largest absolute Gasteiger partial charge is 0.277 e. The van der Waals surface area contributed by atoms with Gasteiger partial charge in [0.25, 0.3) is 0 Å². The summed E-state index contributed by atoms with van der Waals surface area (Å²) in [5.74, 6) is 0. The molecule has 0 aliphatic heterocycles. The maximum atomic E-state index is 4.96. The van der Waals surface area contributed by atoms with Gasteiger partial charge in [0.1, 0.15) is 6.61 Å². The second-order valence-corrected chi connectivity index (χ2v) is 3.61. The number of fused-ring (bicyclic) bond motifs is 1. The summed E-state index contributed by atoms with van der Waals surface area (Å²) < 4.78 is 2.53. The second-order valence-electron chi connectivity index (χ2n) is 2.90. The molecule has 5 nitrogen and oxygen atoms in total. The third-order valence-electron chi connectivity index (χ3n) is 1.86. The number of nitrogens with zero attached hydrogens (tertiary/aromatic N) is 3. The monoisotopic (exact) mass is 271 g/mol. The fraction of sp³-hybridized carbons (Fsp3) is 0.333. The highest BCUT2D eigenvalue weighted by molar-refractivity contribution is 9.10. The Hall–Kier alpha value is -0.980. The number of rotatable bonds is 4. The minimum Gasteiger partial charge on any atom is -0.277 e. The molecule has 0 amide bonds. The molecule has 0 saturated carbocycles. The van der Waals surface area contributed by atoms with Crippen LogP contribution in [0.2, 0.25) is 0 Å². The first kappa shape index (κ1) is 10.5. The van der Waals surface area contributed by atoms with Gasteiger partial charge in [-0.25, -0.2) is 9.78 Å². The highest BCUT2D eigenvalue weighted by atomic mass is 79.9. The van der Waals surface area contributed by atoms with E-state index >= 15 is 0 Å². The second kappa shape index (κ2) is 4.69. The summed E-state index contributed by atoms with van der Waals surface area (Å²) >= 11 is 3.29. The molecule has 0 atom stereocenters. The van der Waals surface area contributed by atoms with E-state index < -0.39 is 0 Å². The molecule has 0 spiro atoms. The first-order valence-corrected chi connectivity index (χ1v) is 5.34. The van der Waals surface area contributed by atoms with E-state index in [4.69, 9.17) is 9.78 Å². The smallest absolute Gasteiger partial charge is 0.204 e. The van der Waals surface area contributed by atoms with E-state index in [1.807, 2.05) is 29.7 Å². The summed E-state index contributed by atoms with van der Waals surface area (Å²) in [6, 6.07) is 3.83. The van der Waals surface area contributed by atoms with Gasteiger partial charge in [-0.05, 0) is 40.5 Å². The lowest BCUT2D eigenvalue weighted by Gasteiger charge is -2.02. The third-order valence-corrected chi connectivity index (χ3v) is 2.40. The van der Waals surface area contributed by atoms with Crippen molar-refractivity contribution >= 4 is 21.6 Å². The Bertz CT molecular complexity index is 458. The number of aromatic nitrogens is 3. The van der Waals surface area contributed by atoms with Crippen molar-refractivity contribution in [2.75, 3.05) is 6.61 Å². The van der Waals surface area contributed by atoms with Crippen LogP contribution in [0.15, 0.2) is 23.1 Å². The summed E-state index contributed by atoms with van der Waals surface area (Å²) in [7, 11) is 0. The fourth-order valence-corrected chi connectivity index (χ4v) is 1.57. The zero-order valence-corrected chi connectivity index (χ0v) is 9.77. The molecule has 0 aliphatic carbocycles. The van der Waals surface area contributed by atoms with Gasteiger partial charge >= 0.3 is 0 Å². The highest BCUT2D eigenvalue weighted by Crippen LogP contribution is 2.12. The number of hydrogen-bond donors (Lipinski definition) is 0. The van der Waals surface area contributed by atoms with E-state index in [0.717, 1.165) is 11.2 Å². The van der Waals surface area contributed by atoms with E-state index in [2.05, 4.69) is 26.1 Å². The topological polar surface area (TPSA) is 48.7 Å². The summed E-state index contributed by atoms with van der Waals surface area (Å²) in [5, 5.41) is 7.87. The van der Waals surface area contributed by atoms with Crippen molar-refractivity contribution in [3.8, 4) is 0 Å². The van der Waals surface area contributed by atoms with E-state index in [-0.39, 0.29) is 0 Å². The molecule has 0 aliphatic rings. The lowest BCUT2D eigenvalue weighted by atomic mass is 10.3. The zero-order chi connectivity index (χ0) is 10.7. The fourth-order valence-electron chi connectivity index (χ4n) is 1.19. The molecule has 6 heteroatoms. The van der Waals surface area contributed by atoms with Crippen molar-refractivity contribution in [2.24, 2.45) is 0 Å². The average Bonchev–Trinajstić information content (AvgIpc) is 2.61. The van der Waals surface area contributed by atoms with Gasteiger partial charge in [0.15, 0.2) is 5.65 Å². The Morgan fingerprint density at radius 3 is 3.07 bits per heavy atom. The van der Waals surface area contributed by atoms with Crippen LogP contribution in [0.3, 0.4) is 0 Å². The Morgan fingerprint density at radius 2 is 2.27 bits per heavy atom. The van der Waals surface area contributed by atoms with Gasteiger partial charge in [0.05, 0.1) is 6.61 Å². The predicted molar refractivity (Wildman–Crippen MR) is 57.1 cm³/mol. The molecular weight excluding hydrogens is 262 g/mol. The van der Waals surface area contributed by atoms with Crippen LogP contribution in [0.25, 0.3) is 5.65 Å². The molecule has 0 aromatic carbocycles. The van der Waals surface area contributed by atoms with Crippen LogP contribution in [0.5, 0.6) is 0 Å². The molecule has 2 aromatic heterocycles. The first-order chi connectivity index (χ1) is 7.31. The minimum atomic E-state index is 0.412. The van der Waals surface area contributed by atoms with Gasteiger partial charge in [0.2, 0.25) is 4.73 Å². The van der Waals surface area contributed by atoms with Crippen molar-refractivity contribution < 1.29 is 9.78 Å². The van der Waals surface area contributed by atoms with Crippen LogP contribution < -0.4 is 0 Å². The summed E-state index contributed by atoms with van der Waals surface area (Å²) in [6.07, 6.45) is 1.88. The first-order valence-electron chi connectivity index (χ1n) is 4.55. The average molecular weight is 272 g/mol. The van der Waals surface area contributed by atoms with Crippen LogP contribution in [0.4, 0.5) is 0 Å². The minimum absolute atomic E-state index is 0.412. The number of hydrogen-bond acceptors (Lipinski definition) is 4. The Balaban J connectivity index is 2.16. The molecule has 0 saturated heterocycles.